The van der Waals surface area contributed by atoms with Crippen LogP contribution < -0.4 is 0 Å². The summed E-state index contributed by atoms with van der Waals surface area (Å²) in [5.74, 6) is 0. The second kappa shape index (κ2) is 6.72. The van der Waals surface area contributed by atoms with E-state index in [9.17, 15) is 8.42 Å². The first-order valence-electron chi connectivity index (χ1n) is 6.43. The predicted octanol–water partition coefficient (Wildman–Crippen LogP) is 3.10. The molecule has 0 aromatic carbocycles. The van der Waals surface area contributed by atoms with Crippen LogP contribution in [0, 0.1) is 0 Å². The van der Waals surface area contributed by atoms with Crippen LogP contribution in [0.2, 0.25) is 0 Å². The lowest BCUT2D eigenvalue weighted by Gasteiger charge is -2.10. The molecule has 0 spiro atoms. The Kier molecular flexibility index (Phi) is 5.82. The SMILES string of the molecule is CC[C@H](C)OCc1nn([C@@H](C)CC)cc1S(=O)(=O)Cl. The van der Waals surface area contributed by atoms with Gasteiger partial charge in [0.2, 0.25) is 0 Å². The van der Waals surface area contributed by atoms with Crippen molar-refractivity contribution in [3.8, 4) is 0 Å². The number of halogens is 1. The normalized spacial score (nSPS) is 15.4. The standard InChI is InChI=1S/C12H21ClN2O3S/c1-5-9(3)15-7-12(19(13,16)17)11(14-15)8-18-10(4)6-2/h7,9-10H,5-6,8H2,1-4H3/t9-,10-/m0/s1. The van der Waals surface area contributed by atoms with Gasteiger partial charge in [0, 0.05) is 22.9 Å². The third-order valence-electron chi connectivity index (χ3n) is 3.15. The van der Waals surface area contributed by atoms with Gasteiger partial charge in [-0.25, -0.2) is 8.42 Å². The fourth-order valence-electron chi connectivity index (χ4n) is 1.47. The molecule has 1 aromatic heterocycles. The summed E-state index contributed by atoms with van der Waals surface area (Å²) in [4.78, 5) is 0.0396. The van der Waals surface area contributed by atoms with Crippen molar-refractivity contribution >= 4 is 19.7 Å². The molecule has 0 amide bonds. The number of ether oxygens (including phenoxy) is 1. The largest absolute Gasteiger partial charge is 0.372 e. The van der Waals surface area contributed by atoms with Gasteiger partial charge in [0.15, 0.2) is 0 Å². The lowest BCUT2D eigenvalue weighted by Crippen LogP contribution is -2.09. The van der Waals surface area contributed by atoms with E-state index < -0.39 is 9.05 Å². The summed E-state index contributed by atoms with van der Waals surface area (Å²) in [5, 5.41) is 4.28. The van der Waals surface area contributed by atoms with Gasteiger partial charge in [-0.2, -0.15) is 5.10 Å². The molecule has 0 aliphatic heterocycles. The van der Waals surface area contributed by atoms with Gasteiger partial charge in [0.05, 0.1) is 12.7 Å². The van der Waals surface area contributed by atoms with E-state index in [1.165, 1.54) is 6.20 Å². The molecule has 1 rings (SSSR count). The van der Waals surface area contributed by atoms with E-state index in [2.05, 4.69) is 5.10 Å². The topological polar surface area (TPSA) is 61.2 Å². The quantitative estimate of drug-likeness (QED) is 0.726. The van der Waals surface area contributed by atoms with Crippen LogP contribution in [0.4, 0.5) is 0 Å². The first-order valence-corrected chi connectivity index (χ1v) is 8.74. The zero-order valence-corrected chi connectivity index (χ0v) is 13.3. The molecular formula is C12H21ClN2O3S. The van der Waals surface area contributed by atoms with Crippen molar-refractivity contribution in [2.75, 3.05) is 0 Å². The Bertz CT molecular complexity index is 513. The van der Waals surface area contributed by atoms with E-state index >= 15 is 0 Å². The molecule has 0 aliphatic carbocycles. The zero-order chi connectivity index (χ0) is 14.6. The van der Waals surface area contributed by atoms with Gasteiger partial charge in [-0.1, -0.05) is 13.8 Å². The predicted molar refractivity (Wildman–Crippen MR) is 74.8 cm³/mol. The van der Waals surface area contributed by atoms with Crippen molar-refractivity contribution < 1.29 is 13.2 Å². The molecule has 0 unspecified atom stereocenters. The molecule has 19 heavy (non-hydrogen) atoms. The molecule has 0 bridgehead atoms. The summed E-state index contributed by atoms with van der Waals surface area (Å²) in [7, 11) is 1.64. The van der Waals surface area contributed by atoms with E-state index in [-0.39, 0.29) is 23.6 Å². The summed E-state index contributed by atoms with van der Waals surface area (Å²) in [6.45, 7) is 8.06. The van der Waals surface area contributed by atoms with Crippen molar-refractivity contribution in [2.45, 2.75) is 64.2 Å². The zero-order valence-electron chi connectivity index (χ0n) is 11.8. The fourth-order valence-corrected chi connectivity index (χ4v) is 2.47. The highest BCUT2D eigenvalue weighted by atomic mass is 35.7. The Labute approximate surface area is 119 Å². The Morgan fingerprint density at radius 2 is 2.00 bits per heavy atom. The van der Waals surface area contributed by atoms with Crippen LogP contribution in [0.5, 0.6) is 0 Å². The molecule has 0 saturated heterocycles. The molecule has 5 nitrogen and oxygen atoms in total. The first kappa shape index (κ1) is 16.5. The Morgan fingerprint density at radius 3 is 2.47 bits per heavy atom. The van der Waals surface area contributed by atoms with E-state index in [1.807, 2.05) is 27.7 Å². The smallest absolute Gasteiger partial charge is 0.264 e. The maximum absolute atomic E-state index is 11.5. The highest BCUT2D eigenvalue weighted by Gasteiger charge is 2.22. The molecule has 0 N–H and O–H groups in total. The van der Waals surface area contributed by atoms with E-state index in [0.29, 0.717) is 5.69 Å². The van der Waals surface area contributed by atoms with E-state index in [4.69, 9.17) is 15.4 Å². The second-order valence-electron chi connectivity index (χ2n) is 4.65. The number of aromatic nitrogens is 2. The molecule has 0 radical (unpaired) electrons. The highest BCUT2D eigenvalue weighted by Crippen LogP contribution is 2.23. The van der Waals surface area contributed by atoms with Crippen molar-refractivity contribution in [1.29, 1.82) is 0 Å². The molecular weight excluding hydrogens is 288 g/mol. The number of nitrogens with zero attached hydrogens (tertiary/aromatic N) is 2. The van der Waals surface area contributed by atoms with Crippen LogP contribution in [0.1, 0.15) is 52.3 Å². The monoisotopic (exact) mass is 308 g/mol. The van der Waals surface area contributed by atoms with Crippen molar-refractivity contribution in [3.63, 3.8) is 0 Å². The lowest BCUT2D eigenvalue weighted by atomic mass is 10.3. The minimum absolute atomic E-state index is 0.0396. The Hall–Kier alpha value is -0.590. The van der Waals surface area contributed by atoms with Crippen LogP contribution in [-0.4, -0.2) is 24.3 Å². The number of rotatable bonds is 7. The summed E-state index contributed by atoms with van der Waals surface area (Å²) in [5.41, 5.74) is 0.371. The molecule has 0 saturated carbocycles. The summed E-state index contributed by atoms with van der Waals surface area (Å²) < 4.78 is 30.3. The van der Waals surface area contributed by atoms with E-state index in [1.54, 1.807) is 4.68 Å². The van der Waals surface area contributed by atoms with Gasteiger partial charge in [-0.15, -0.1) is 0 Å². The number of hydrogen-bond donors (Lipinski definition) is 0. The molecule has 1 heterocycles. The van der Waals surface area contributed by atoms with Crippen LogP contribution in [0.15, 0.2) is 11.1 Å². The van der Waals surface area contributed by atoms with Crippen LogP contribution in [-0.2, 0) is 20.4 Å². The molecule has 1 aromatic rings. The maximum Gasteiger partial charge on any atom is 0.264 e. The third-order valence-corrected chi connectivity index (χ3v) is 4.52. The maximum atomic E-state index is 11.5. The molecule has 0 fully saturated rings. The summed E-state index contributed by atoms with van der Waals surface area (Å²) in [6.07, 6.45) is 3.25. The Balaban J connectivity index is 3.03. The highest BCUT2D eigenvalue weighted by molar-refractivity contribution is 8.13. The number of hydrogen-bond acceptors (Lipinski definition) is 4. The Morgan fingerprint density at radius 1 is 1.37 bits per heavy atom. The van der Waals surface area contributed by atoms with Crippen molar-refractivity contribution in [3.05, 3.63) is 11.9 Å². The average molecular weight is 309 g/mol. The molecule has 2 atom stereocenters. The van der Waals surface area contributed by atoms with Crippen molar-refractivity contribution in [1.82, 2.24) is 9.78 Å². The second-order valence-corrected chi connectivity index (χ2v) is 7.18. The van der Waals surface area contributed by atoms with Gasteiger partial charge in [0.25, 0.3) is 9.05 Å². The average Bonchev–Trinajstić information content (AvgIpc) is 2.78. The summed E-state index contributed by atoms with van der Waals surface area (Å²) >= 11 is 0. The van der Waals surface area contributed by atoms with Crippen LogP contribution >= 0.6 is 10.7 Å². The first-order chi connectivity index (χ1) is 8.79. The van der Waals surface area contributed by atoms with Crippen LogP contribution in [0.3, 0.4) is 0 Å². The van der Waals surface area contributed by atoms with Gasteiger partial charge < -0.3 is 4.74 Å². The van der Waals surface area contributed by atoms with Gasteiger partial charge in [0.1, 0.15) is 10.6 Å². The molecule has 110 valence electrons. The van der Waals surface area contributed by atoms with E-state index in [0.717, 1.165) is 12.8 Å². The third kappa shape index (κ3) is 4.47. The van der Waals surface area contributed by atoms with Crippen LogP contribution in [0.25, 0.3) is 0 Å². The summed E-state index contributed by atoms with van der Waals surface area (Å²) in [6, 6.07) is 0.120. The minimum Gasteiger partial charge on any atom is -0.372 e. The lowest BCUT2D eigenvalue weighted by molar-refractivity contribution is 0.0473. The molecule has 0 aliphatic rings. The molecule has 7 heteroatoms. The van der Waals surface area contributed by atoms with Gasteiger partial charge in [-0.3, -0.25) is 4.68 Å². The van der Waals surface area contributed by atoms with Gasteiger partial charge >= 0.3 is 0 Å². The minimum atomic E-state index is -3.80. The fraction of sp³-hybridized carbons (Fsp3) is 0.750. The van der Waals surface area contributed by atoms with Crippen molar-refractivity contribution in [2.24, 2.45) is 0 Å². The van der Waals surface area contributed by atoms with Gasteiger partial charge in [-0.05, 0) is 26.7 Å².